The summed E-state index contributed by atoms with van der Waals surface area (Å²) in [6, 6.07) is 3.92. The maximum absolute atomic E-state index is 5.91. The molecule has 1 atom stereocenters. The molecular weight excluding hydrogens is 262 g/mol. The average molecular weight is 280 g/mol. The van der Waals surface area contributed by atoms with Gasteiger partial charge in [-0.1, -0.05) is 0 Å². The maximum Gasteiger partial charge on any atom is 0.160 e. The molecule has 0 aliphatic carbocycles. The number of ether oxygens (including phenoxy) is 1. The number of pyridine rings is 1. The predicted octanol–water partition coefficient (Wildman–Crippen LogP) is 2.74. The van der Waals surface area contributed by atoms with Gasteiger partial charge in [0.05, 0.1) is 12.1 Å². The molecule has 2 aromatic heterocycles. The Morgan fingerprint density at radius 2 is 2.42 bits per heavy atom. The van der Waals surface area contributed by atoms with Crippen molar-refractivity contribution in [2.24, 2.45) is 0 Å². The van der Waals surface area contributed by atoms with Crippen LogP contribution in [0.1, 0.15) is 25.6 Å². The van der Waals surface area contributed by atoms with E-state index >= 15 is 0 Å². The van der Waals surface area contributed by atoms with E-state index in [1.165, 1.54) is 0 Å². The van der Waals surface area contributed by atoms with Crippen molar-refractivity contribution in [1.82, 2.24) is 14.5 Å². The van der Waals surface area contributed by atoms with E-state index in [4.69, 9.17) is 16.3 Å². The van der Waals surface area contributed by atoms with Gasteiger partial charge in [-0.05, 0) is 31.9 Å². The number of hydrogen-bond donors (Lipinski definition) is 0. The van der Waals surface area contributed by atoms with Crippen LogP contribution in [0.3, 0.4) is 0 Å². The van der Waals surface area contributed by atoms with Gasteiger partial charge < -0.3 is 9.30 Å². The molecule has 19 heavy (non-hydrogen) atoms. The Morgan fingerprint density at radius 3 is 3.16 bits per heavy atom. The van der Waals surface area contributed by atoms with Crippen LogP contribution in [-0.2, 0) is 16.7 Å². The van der Waals surface area contributed by atoms with Crippen LogP contribution in [0.15, 0.2) is 18.3 Å². The Kier molecular flexibility index (Phi) is 3.46. The summed E-state index contributed by atoms with van der Waals surface area (Å²) in [7, 11) is 0. The number of nitrogens with zero attached hydrogens (tertiary/aromatic N) is 3. The lowest BCUT2D eigenvalue weighted by Gasteiger charge is -2.36. The minimum Gasteiger partial charge on any atom is -0.379 e. The zero-order chi connectivity index (χ0) is 13.3. The summed E-state index contributed by atoms with van der Waals surface area (Å²) in [4.78, 5) is 9.19. The molecule has 0 N–H and O–H groups in total. The summed E-state index contributed by atoms with van der Waals surface area (Å²) in [5.41, 5.74) is 1.81. The Bertz CT molecular complexity index is 575. The van der Waals surface area contributed by atoms with Crippen LogP contribution >= 0.6 is 11.6 Å². The molecule has 0 aromatic carbocycles. The van der Waals surface area contributed by atoms with Crippen molar-refractivity contribution in [1.29, 1.82) is 0 Å². The molecule has 4 nitrogen and oxygen atoms in total. The highest BCUT2D eigenvalue weighted by Gasteiger charge is 2.33. The van der Waals surface area contributed by atoms with E-state index < -0.39 is 0 Å². The first-order valence-electron chi connectivity index (χ1n) is 6.71. The minimum atomic E-state index is -0.0667. The molecule has 3 heterocycles. The lowest BCUT2D eigenvalue weighted by atomic mass is 9.94. The van der Waals surface area contributed by atoms with E-state index in [-0.39, 0.29) is 5.54 Å². The summed E-state index contributed by atoms with van der Waals surface area (Å²) in [5.74, 6) is 1.58. The van der Waals surface area contributed by atoms with Crippen LogP contribution in [0, 0.1) is 0 Å². The Balaban J connectivity index is 2.16. The third kappa shape index (κ3) is 2.23. The molecule has 102 valence electrons. The van der Waals surface area contributed by atoms with E-state index in [0.29, 0.717) is 12.5 Å². The molecule has 1 unspecified atom stereocenters. The fraction of sp³-hybridized carbons (Fsp3) is 0.571. The number of alkyl halides is 1. The third-order valence-corrected chi connectivity index (χ3v) is 3.95. The van der Waals surface area contributed by atoms with Crippen LogP contribution in [0.4, 0.5) is 0 Å². The monoisotopic (exact) mass is 279 g/mol. The van der Waals surface area contributed by atoms with Crippen LogP contribution in [-0.4, -0.2) is 33.6 Å². The van der Waals surface area contributed by atoms with Crippen LogP contribution in [0.2, 0.25) is 0 Å². The number of rotatable bonds is 3. The van der Waals surface area contributed by atoms with Crippen molar-refractivity contribution in [3.63, 3.8) is 0 Å². The van der Waals surface area contributed by atoms with Gasteiger partial charge in [-0.3, -0.25) is 0 Å². The number of aryl methyl sites for hydroxylation is 1. The molecule has 5 heteroatoms. The molecule has 0 radical (unpaired) electrons. The standard InChI is InChI=1S/C14H18ClN3O/c1-14(6-3-9-19-10-14)18-12(5-7-15)17-11-4-2-8-16-13(11)18/h2,4,8H,3,5-7,9-10H2,1H3. The van der Waals surface area contributed by atoms with Gasteiger partial charge in [0.25, 0.3) is 0 Å². The molecule has 1 aliphatic heterocycles. The van der Waals surface area contributed by atoms with Gasteiger partial charge in [-0.25, -0.2) is 9.97 Å². The fourth-order valence-corrected chi connectivity index (χ4v) is 3.04. The van der Waals surface area contributed by atoms with Crippen molar-refractivity contribution in [2.45, 2.75) is 31.7 Å². The van der Waals surface area contributed by atoms with Crippen molar-refractivity contribution in [3.8, 4) is 0 Å². The number of fused-ring (bicyclic) bond motifs is 1. The average Bonchev–Trinajstić information content (AvgIpc) is 2.78. The van der Waals surface area contributed by atoms with Gasteiger partial charge in [0.1, 0.15) is 11.3 Å². The molecule has 0 bridgehead atoms. The van der Waals surface area contributed by atoms with Gasteiger partial charge in [0, 0.05) is 25.1 Å². The molecular formula is C14H18ClN3O. The second-order valence-corrected chi connectivity index (χ2v) is 5.68. The topological polar surface area (TPSA) is 39.9 Å². The smallest absolute Gasteiger partial charge is 0.160 e. The fourth-order valence-electron chi connectivity index (χ4n) is 2.87. The van der Waals surface area contributed by atoms with E-state index in [9.17, 15) is 0 Å². The molecule has 0 spiro atoms. The molecule has 1 saturated heterocycles. The molecule has 3 rings (SSSR count). The Labute approximate surface area is 117 Å². The van der Waals surface area contributed by atoms with Gasteiger partial charge >= 0.3 is 0 Å². The second kappa shape index (κ2) is 5.10. The van der Waals surface area contributed by atoms with Crippen molar-refractivity contribution in [2.75, 3.05) is 19.1 Å². The van der Waals surface area contributed by atoms with Gasteiger partial charge in [0.15, 0.2) is 5.65 Å². The van der Waals surface area contributed by atoms with Gasteiger partial charge in [-0.2, -0.15) is 0 Å². The molecule has 1 aliphatic rings. The number of imidazole rings is 1. The van der Waals surface area contributed by atoms with E-state index in [1.54, 1.807) is 0 Å². The van der Waals surface area contributed by atoms with Crippen molar-refractivity contribution >= 4 is 22.8 Å². The second-order valence-electron chi connectivity index (χ2n) is 5.30. The van der Waals surface area contributed by atoms with Gasteiger partial charge in [-0.15, -0.1) is 11.6 Å². The quantitative estimate of drug-likeness (QED) is 0.811. The first-order valence-corrected chi connectivity index (χ1v) is 7.24. The Morgan fingerprint density at radius 1 is 1.53 bits per heavy atom. The lowest BCUT2D eigenvalue weighted by Crippen LogP contribution is -2.40. The zero-order valence-electron chi connectivity index (χ0n) is 11.1. The van der Waals surface area contributed by atoms with E-state index in [1.807, 2.05) is 18.3 Å². The number of halogens is 1. The highest BCUT2D eigenvalue weighted by molar-refractivity contribution is 6.17. The highest BCUT2D eigenvalue weighted by atomic mass is 35.5. The highest BCUT2D eigenvalue weighted by Crippen LogP contribution is 2.31. The summed E-state index contributed by atoms with van der Waals surface area (Å²) >= 11 is 5.91. The number of hydrogen-bond acceptors (Lipinski definition) is 3. The normalized spacial score (nSPS) is 23.9. The van der Waals surface area contributed by atoms with E-state index in [0.717, 1.165) is 42.9 Å². The summed E-state index contributed by atoms with van der Waals surface area (Å²) < 4.78 is 7.92. The summed E-state index contributed by atoms with van der Waals surface area (Å²) in [5, 5.41) is 0. The maximum atomic E-state index is 5.91. The van der Waals surface area contributed by atoms with Crippen LogP contribution in [0.25, 0.3) is 11.2 Å². The minimum absolute atomic E-state index is 0.0667. The first-order chi connectivity index (χ1) is 9.24. The predicted molar refractivity (Wildman–Crippen MR) is 75.7 cm³/mol. The first kappa shape index (κ1) is 12.9. The van der Waals surface area contributed by atoms with Crippen LogP contribution in [0.5, 0.6) is 0 Å². The zero-order valence-corrected chi connectivity index (χ0v) is 11.9. The largest absolute Gasteiger partial charge is 0.379 e. The van der Waals surface area contributed by atoms with Crippen molar-refractivity contribution in [3.05, 3.63) is 24.2 Å². The summed E-state index contributed by atoms with van der Waals surface area (Å²) in [6.07, 6.45) is 4.74. The van der Waals surface area contributed by atoms with Crippen molar-refractivity contribution < 1.29 is 4.74 Å². The van der Waals surface area contributed by atoms with Gasteiger partial charge in [0.2, 0.25) is 0 Å². The molecule has 1 fully saturated rings. The third-order valence-electron chi connectivity index (χ3n) is 3.76. The summed E-state index contributed by atoms with van der Waals surface area (Å²) in [6.45, 7) is 3.78. The Hall–Kier alpha value is -1.13. The molecule has 2 aromatic rings. The molecule has 0 amide bonds. The number of aromatic nitrogens is 3. The van der Waals surface area contributed by atoms with Crippen LogP contribution < -0.4 is 0 Å². The SMILES string of the molecule is CC1(n2c(CCCl)nc3cccnc32)CCCOC1. The van der Waals surface area contributed by atoms with E-state index in [2.05, 4.69) is 21.5 Å². The molecule has 0 saturated carbocycles. The lowest BCUT2D eigenvalue weighted by molar-refractivity contribution is 0.00997.